The second kappa shape index (κ2) is 9.61. The van der Waals surface area contributed by atoms with Gasteiger partial charge in [-0.2, -0.15) is 5.26 Å². The number of carbonyl (C=O) groups excluding carboxylic acids is 2. The van der Waals surface area contributed by atoms with Crippen molar-refractivity contribution in [3.63, 3.8) is 0 Å². The average Bonchev–Trinajstić information content (AvgIpc) is 3.32. The van der Waals surface area contributed by atoms with Gasteiger partial charge in [-0.15, -0.1) is 0 Å². The SMILES string of the molecule is COc1cc(NC(=O)/C=C/c2ccccc2C#N)c(C(=O)N2CCCC2)cc1OC. The predicted octanol–water partition coefficient (Wildman–Crippen LogP) is 3.46. The first-order valence-corrected chi connectivity index (χ1v) is 9.61. The molecular formula is C23H23N3O4. The number of anilines is 1. The van der Waals surface area contributed by atoms with Gasteiger partial charge in [0.2, 0.25) is 5.91 Å². The van der Waals surface area contributed by atoms with Gasteiger partial charge < -0.3 is 19.7 Å². The Balaban J connectivity index is 1.89. The number of hydrogen-bond acceptors (Lipinski definition) is 5. The summed E-state index contributed by atoms with van der Waals surface area (Å²) in [6.45, 7) is 1.37. The van der Waals surface area contributed by atoms with Crippen molar-refractivity contribution in [2.75, 3.05) is 32.6 Å². The molecule has 0 aliphatic carbocycles. The van der Waals surface area contributed by atoms with E-state index >= 15 is 0 Å². The summed E-state index contributed by atoms with van der Waals surface area (Å²) in [5, 5.41) is 11.9. The molecule has 0 unspecified atom stereocenters. The highest BCUT2D eigenvalue weighted by molar-refractivity contribution is 6.08. The smallest absolute Gasteiger partial charge is 0.256 e. The Morgan fingerprint density at radius 3 is 2.43 bits per heavy atom. The Labute approximate surface area is 175 Å². The Bertz CT molecular complexity index is 1020. The van der Waals surface area contributed by atoms with Crippen LogP contribution in [-0.4, -0.2) is 44.0 Å². The first kappa shape index (κ1) is 20.9. The van der Waals surface area contributed by atoms with Crippen molar-refractivity contribution in [2.45, 2.75) is 12.8 Å². The van der Waals surface area contributed by atoms with Crippen LogP contribution in [0.15, 0.2) is 42.5 Å². The second-order valence-electron chi connectivity index (χ2n) is 6.77. The number of nitrogens with one attached hydrogen (secondary N) is 1. The van der Waals surface area contributed by atoms with Crippen molar-refractivity contribution in [3.05, 3.63) is 59.2 Å². The van der Waals surface area contributed by atoms with Crippen molar-refractivity contribution in [2.24, 2.45) is 0 Å². The highest BCUT2D eigenvalue weighted by atomic mass is 16.5. The molecule has 0 saturated carbocycles. The minimum absolute atomic E-state index is 0.164. The molecule has 154 valence electrons. The lowest BCUT2D eigenvalue weighted by molar-refractivity contribution is -0.111. The summed E-state index contributed by atoms with van der Waals surface area (Å²) in [6, 6.07) is 12.2. The minimum Gasteiger partial charge on any atom is -0.493 e. The summed E-state index contributed by atoms with van der Waals surface area (Å²) in [5.74, 6) is 0.231. The molecule has 0 radical (unpaired) electrons. The Morgan fingerprint density at radius 1 is 1.10 bits per heavy atom. The van der Waals surface area contributed by atoms with E-state index in [1.54, 1.807) is 47.4 Å². The van der Waals surface area contributed by atoms with Gasteiger partial charge in [-0.1, -0.05) is 18.2 Å². The minimum atomic E-state index is -0.426. The van der Waals surface area contributed by atoms with E-state index in [0.29, 0.717) is 47.0 Å². The fourth-order valence-electron chi connectivity index (χ4n) is 3.33. The number of hydrogen-bond donors (Lipinski definition) is 1. The maximum atomic E-state index is 13.0. The van der Waals surface area contributed by atoms with E-state index < -0.39 is 5.91 Å². The number of nitriles is 1. The van der Waals surface area contributed by atoms with Gasteiger partial charge in [-0.05, 0) is 36.6 Å². The molecule has 2 aromatic carbocycles. The first-order chi connectivity index (χ1) is 14.6. The summed E-state index contributed by atoms with van der Waals surface area (Å²) >= 11 is 0. The van der Waals surface area contributed by atoms with E-state index in [1.165, 1.54) is 20.3 Å². The number of amides is 2. The highest BCUT2D eigenvalue weighted by Gasteiger charge is 2.24. The Kier molecular flexibility index (Phi) is 6.71. The van der Waals surface area contributed by atoms with Crippen molar-refractivity contribution in [1.29, 1.82) is 5.26 Å². The number of nitrogens with zero attached hydrogens (tertiary/aromatic N) is 2. The number of carbonyl (C=O) groups is 2. The van der Waals surface area contributed by atoms with Crippen molar-refractivity contribution in [3.8, 4) is 17.6 Å². The molecule has 0 atom stereocenters. The van der Waals surface area contributed by atoms with Crippen LogP contribution in [0.4, 0.5) is 5.69 Å². The molecule has 30 heavy (non-hydrogen) atoms. The maximum Gasteiger partial charge on any atom is 0.256 e. The predicted molar refractivity (Wildman–Crippen MR) is 114 cm³/mol. The van der Waals surface area contributed by atoms with E-state index in [0.717, 1.165) is 12.8 Å². The molecule has 0 bridgehead atoms. The Morgan fingerprint density at radius 2 is 1.77 bits per heavy atom. The summed E-state index contributed by atoms with van der Waals surface area (Å²) in [5.41, 5.74) is 1.79. The molecule has 0 aromatic heterocycles. The molecule has 3 rings (SSSR count). The summed E-state index contributed by atoms with van der Waals surface area (Å²) < 4.78 is 10.7. The van der Waals surface area contributed by atoms with Crippen molar-refractivity contribution in [1.82, 2.24) is 4.90 Å². The van der Waals surface area contributed by atoms with Crippen LogP contribution in [0.2, 0.25) is 0 Å². The van der Waals surface area contributed by atoms with Crippen LogP contribution < -0.4 is 14.8 Å². The fraction of sp³-hybridized carbons (Fsp3) is 0.261. The molecule has 0 spiro atoms. The number of ether oxygens (including phenoxy) is 2. The van der Waals surface area contributed by atoms with Crippen LogP contribution in [0.1, 0.15) is 34.3 Å². The van der Waals surface area contributed by atoms with Gasteiger partial charge in [0, 0.05) is 25.2 Å². The fourth-order valence-corrected chi connectivity index (χ4v) is 3.33. The third-order valence-electron chi connectivity index (χ3n) is 4.90. The molecule has 7 heteroatoms. The Hall–Kier alpha value is -3.79. The van der Waals surface area contributed by atoms with Gasteiger partial charge in [0.25, 0.3) is 5.91 Å². The first-order valence-electron chi connectivity index (χ1n) is 9.61. The number of rotatable bonds is 6. The largest absolute Gasteiger partial charge is 0.493 e. The van der Waals surface area contributed by atoms with Gasteiger partial charge in [0.05, 0.1) is 37.1 Å². The summed E-state index contributed by atoms with van der Waals surface area (Å²) in [6.07, 6.45) is 4.82. The second-order valence-corrected chi connectivity index (χ2v) is 6.77. The van der Waals surface area contributed by atoms with Crippen LogP contribution in [0.5, 0.6) is 11.5 Å². The summed E-state index contributed by atoms with van der Waals surface area (Å²) in [7, 11) is 2.99. The van der Waals surface area contributed by atoms with Crippen LogP contribution in [0, 0.1) is 11.3 Å². The van der Waals surface area contributed by atoms with Crippen LogP contribution in [0.25, 0.3) is 6.08 Å². The molecule has 1 N–H and O–H groups in total. The quantitative estimate of drug-likeness (QED) is 0.743. The summed E-state index contributed by atoms with van der Waals surface area (Å²) in [4.78, 5) is 27.3. The van der Waals surface area contributed by atoms with Gasteiger partial charge in [0.1, 0.15) is 0 Å². The monoisotopic (exact) mass is 405 g/mol. The van der Waals surface area contributed by atoms with Crippen LogP contribution in [0.3, 0.4) is 0 Å². The van der Waals surface area contributed by atoms with Gasteiger partial charge >= 0.3 is 0 Å². The molecule has 1 aliphatic rings. The number of methoxy groups -OCH3 is 2. The molecule has 2 amide bonds. The zero-order valence-corrected chi connectivity index (χ0v) is 17.0. The average molecular weight is 405 g/mol. The van der Waals surface area contributed by atoms with Gasteiger partial charge in [-0.25, -0.2) is 0 Å². The molecule has 7 nitrogen and oxygen atoms in total. The van der Waals surface area contributed by atoms with E-state index in [2.05, 4.69) is 11.4 Å². The van der Waals surface area contributed by atoms with Crippen LogP contribution >= 0.6 is 0 Å². The van der Waals surface area contributed by atoms with Crippen molar-refractivity contribution >= 4 is 23.6 Å². The molecule has 2 aromatic rings. The normalized spacial score (nSPS) is 13.2. The molecule has 1 saturated heterocycles. The molecule has 1 aliphatic heterocycles. The third kappa shape index (κ3) is 4.61. The van der Waals surface area contributed by atoms with Crippen LogP contribution in [-0.2, 0) is 4.79 Å². The van der Waals surface area contributed by atoms with E-state index in [-0.39, 0.29) is 5.91 Å². The van der Waals surface area contributed by atoms with E-state index in [1.807, 2.05) is 0 Å². The molecular weight excluding hydrogens is 382 g/mol. The zero-order chi connectivity index (χ0) is 21.5. The standard InChI is InChI=1S/C23H23N3O4/c1-29-20-13-18(23(28)26-11-5-6-12-26)19(14-21(20)30-2)25-22(27)10-9-16-7-3-4-8-17(16)15-24/h3-4,7-10,13-14H,5-6,11-12H2,1-2H3,(H,25,27)/b10-9+. The van der Waals surface area contributed by atoms with E-state index in [4.69, 9.17) is 9.47 Å². The lowest BCUT2D eigenvalue weighted by Crippen LogP contribution is -2.28. The van der Waals surface area contributed by atoms with Crippen molar-refractivity contribution < 1.29 is 19.1 Å². The lowest BCUT2D eigenvalue weighted by atomic mass is 10.1. The van der Waals surface area contributed by atoms with E-state index in [9.17, 15) is 14.9 Å². The number of benzene rings is 2. The zero-order valence-electron chi connectivity index (χ0n) is 17.0. The third-order valence-corrected chi connectivity index (χ3v) is 4.90. The van der Waals surface area contributed by atoms with Gasteiger partial charge in [0.15, 0.2) is 11.5 Å². The molecule has 1 fully saturated rings. The lowest BCUT2D eigenvalue weighted by Gasteiger charge is -2.19. The number of likely N-dealkylation sites (tertiary alicyclic amines) is 1. The van der Waals surface area contributed by atoms with Gasteiger partial charge in [-0.3, -0.25) is 9.59 Å². The topological polar surface area (TPSA) is 91.7 Å². The highest BCUT2D eigenvalue weighted by Crippen LogP contribution is 2.34. The molecule has 1 heterocycles. The maximum absolute atomic E-state index is 13.0.